The van der Waals surface area contributed by atoms with Crippen molar-refractivity contribution >= 4 is 57.2 Å². The van der Waals surface area contributed by atoms with Crippen LogP contribution in [0.3, 0.4) is 0 Å². The van der Waals surface area contributed by atoms with Crippen molar-refractivity contribution in [3.8, 4) is 0 Å². The maximum absolute atomic E-state index is 13.2. The van der Waals surface area contributed by atoms with E-state index >= 15 is 0 Å². The number of nitrogen functional groups attached to an aromatic ring is 1. The van der Waals surface area contributed by atoms with Gasteiger partial charge in [0, 0.05) is 24.7 Å². The van der Waals surface area contributed by atoms with Gasteiger partial charge < -0.3 is 16.0 Å². The maximum atomic E-state index is 13.2. The number of amides is 1. The second-order valence-corrected chi connectivity index (χ2v) is 8.98. The van der Waals surface area contributed by atoms with Gasteiger partial charge in [-0.1, -0.05) is 30.3 Å². The molecule has 0 aliphatic heterocycles. The van der Waals surface area contributed by atoms with Gasteiger partial charge in [-0.05, 0) is 41.3 Å². The summed E-state index contributed by atoms with van der Waals surface area (Å²) >= 11 is 1.58. The number of hydrogen-bond donors (Lipinski definition) is 2. The topological polar surface area (TPSA) is 101 Å². The van der Waals surface area contributed by atoms with Gasteiger partial charge in [0.25, 0.3) is 5.91 Å². The number of hydrogen-bond acceptors (Lipinski definition) is 7. The zero-order valence-electron chi connectivity index (χ0n) is 18.8. The Morgan fingerprint density at radius 1 is 1.09 bits per heavy atom. The molecule has 3 aromatic heterocycles. The molecular weight excluding hydrogens is 446 g/mol. The van der Waals surface area contributed by atoms with Crippen LogP contribution >= 0.6 is 11.3 Å². The summed E-state index contributed by atoms with van der Waals surface area (Å²) in [6.07, 6.45) is 1.69. The molecule has 0 aliphatic carbocycles. The van der Waals surface area contributed by atoms with Crippen LogP contribution in [-0.4, -0.2) is 40.9 Å². The van der Waals surface area contributed by atoms with E-state index in [4.69, 9.17) is 15.7 Å². The van der Waals surface area contributed by atoms with Crippen LogP contribution in [0.2, 0.25) is 0 Å². The lowest BCUT2D eigenvalue weighted by molar-refractivity contribution is 0.0953. The molecule has 0 bridgehead atoms. The average Bonchev–Trinajstić information content (AvgIpc) is 3.45. The third kappa shape index (κ3) is 4.08. The van der Waals surface area contributed by atoms with Gasteiger partial charge in [0.05, 0.1) is 23.8 Å². The largest absolute Gasteiger partial charge is 0.383 e. The van der Waals surface area contributed by atoms with Crippen molar-refractivity contribution in [2.45, 2.75) is 6.54 Å². The molecule has 0 radical (unpaired) electrons. The third-order valence-corrected chi connectivity index (χ3v) is 6.31. The van der Waals surface area contributed by atoms with Crippen LogP contribution < -0.4 is 16.0 Å². The van der Waals surface area contributed by atoms with Gasteiger partial charge in [0.1, 0.15) is 16.9 Å². The predicted molar refractivity (Wildman–Crippen MR) is 139 cm³/mol. The highest BCUT2D eigenvalue weighted by Gasteiger charge is 2.24. The molecule has 5 aromatic rings. The maximum Gasteiger partial charge on any atom is 0.257 e. The number of benzene rings is 2. The van der Waals surface area contributed by atoms with Crippen molar-refractivity contribution in [3.05, 3.63) is 82.0 Å². The number of aromatic nitrogens is 3. The number of nitrogens with zero attached hydrogens (tertiary/aromatic N) is 5. The summed E-state index contributed by atoms with van der Waals surface area (Å²) in [5.74, 6) is -0.125. The molecule has 0 fully saturated rings. The molecule has 1 amide bonds. The fraction of sp³-hybridized carbons (Fsp3) is 0.120. The molecule has 0 atom stereocenters. The first-order chi connectivity index (χ1) is 16.5. The first-order valence-corrected chi connectivity index (χ1v) is 11.6. The molecule has 0 saturated carbocycles. The summed E-state index contributed by atoms with van der Waals surface area (Å²) in [6.45, 7) is 0.408. The lowest BCUT2D eigenvalue weighted by atomic mass is 10.2. The monoisotopic (exact) mass is 469 g/mol. The molecule has 8 nitrogen and oxygen atoms in total. The highest BCUT2D eigenvalue weighted by Crippen LogP contribution is 2.28. The molecule has 9 heteroatoms. The van der Waals surface area contributed by atoms with E-state index in [1.54, 1.807) is 17.6 Å². The fourth-order valence-electron chi connectivity index (χ4n) is 3.64. The van der Waals surface area contributed by atoms with Crippen LogP contribution in [-0.2, 0) is 6.54 Å². The zero-order valence-corrected chi connectivity index (χ0v) is 19.6. The summed E-state index contributed by atoms with van der Waals surface area (Å²) in [7, 11) is 3.98. The van der Waals surface area contributed by atoms with Crippen LogP contribution in [0.15, 0.2) is 71.1 Å². The van der Waals surface area contributed by atoms with Gasteiger partial charge in [0.2, 0.25) is 0 Å². The molecule has 34 heavy (non-hydrogen) atoms. The standard InChI is InChI=1S/C25H23N7OS/c1-31(2)17-11-9-16(10-12-17)14-28-32-23(26)21(25(33)27-15-18-6-5-13-34-18)22-24(32)30-20-8-4-3-7-19(20)29-22/h3-14H,15,26H2,1-2H3,(H,27,33)/b28-14+. The Hall–Kier alpha value is -4.24. The number of thiophene rings is 1. The summed E-state index contributed by atoms with van der Waals surface area (Å²) in [4.78, 5) is 25.7. The fourth-order valence-corrected chi connectivity index (χ4v) is 4.28. The van der Waals surface area contributed by atoms with Crippen LogP contribution in [0.5, 0.6) is 0 Å². The molecule has 3 heterocycles. The second-order valence-electron chi connectivity index (χ2n) is 7.95. The van der Waals surface area contributed by atoms with E-state index in [9.17, 15) is 4.79 Å². The average molecular weight is 470 g/mol. The van der Waals surface area contributed by atoms with Gasteiger partial charge in [-0.25, -0.2) is 9.97 Å². The molecule has 2 aromatic carbocycles. The molecule has 0 unspecified atom stereocenters. The van der Waals surface area contributed by atoms with Crippen molar-refractivity contribution < 1.29 is 4.79 Å². The lowest BCUT2D eigenvalue weighted by Crippen LogP contribution is -2.23. The van der Waals surface area contributed by atoms with Gasteiger partial charge in [-0.3, -0.25) is 4.79 Å². The van der Waals surface area contributed by atoms with Gasteiger partial charge >= 0.3 is 0 Å². The highest BCUT2D eigenvalue weighted by atomic mass is 32.1. The molecule has 0 saturated heterocycles. The number of fused-ring (bicyclic) bond motifs is 2. The Balaban J connectivity index is 1.58. The minimum absolute atomic E-state index is 0.190. The minimum atomic E-state index is -0.315. The van der Waals surface area contributed by atoms with Gasteiger partial charge in [-0.15, -0.1) is 11.3 Å². The smallest absolute Gasteiger partial charge is 0.257 e. The van der Waals surface area contributed by atoms with Crippen LogP contribution in [0.4, 0.5) is 11.5 Å². The Morgan fingerprint density at radius 2 is 1.82 bits per heavy atom. The highest BCUT2D eigenvalue weighted by molar-refractivity contribution is 7.09. The van der Waals surface area contributed by atoms with E-state index in [-0.39, 0.29) is 17.3 Å². The van der Waals surface area contributed by atoms with Crippen molar-refractivity contribution in [3.63, 3.8) is 0 Å². The Morgan fingerprint density at radius 3 is 2.50 bits per heavy atom. The number of nitrogens with one attached hydrogen (secondary N) is 1. The minimum Gasteiger partial charge on any atom is -0.383 e. The number of nitrogens with two attached hydrogens (primary N) is 1. The first kappa shape index (κ1) is 21.6. The van der Waals surface area contributed by atoms with Crippen molar-refractivity contribution in [2.75, 3.05) is 24.7 Å². The zero-order chi connectivity index (χ0) is 23.7. The third-order valence-electron chi connectivity index (χ3n) is 5.44. The molecule has 5 rings (SSSR count). The number of carbonyl (C=O) groups excluding carboxylic acids is 1. The quantitative estimate of drug-likeness (QED) is 0.365. The van der Waals surface area contributed by atoms with E-state index in [0.29, 0.717) is 28.7 Å². The molecule has 0 spiro atoms. The summed E-state index contributed by atoms with van der Waals surface area (Å²) in [5, 5.41) is 9.48. The van der Waals surface area contributed by atoms with Gasteiger partial charge in [-0.2, -0.15) is 9.78 Å². The number of rotatable bonds is 6. The van der Waals surface area contributed by atoms with Crippen LogP contribution in [0.25, 0.3) is 22.2 Å². The Labute approximate surface area is 200 Å². The molecule has 3 N–H and O–H groups in total. The number of anilines is 2. The van der Waals surface area contributed by atoms with Gasteiger partial charge in [0.15, 0.2) is 5.65 Å². The normalized spacial score (nSPS) is 11.5. The van der Waals surface area contributed by atoms with E-state index in [1.807, 2.05) is 85.0 Å². The predicted octanol–water partition coefficient (Wildman–Crippen LogP) is 4.11. The Bertz CT molecular complexity index is 1500. The molecular formula is C25H23N7OS. The second kappa shape index (κ2) is 8.95. The van der Waals surface area contributed by atoms with Crippen LogP contribution in [0.1, 0.15) is 20.8 Å². The van der Waals surface area contributed by atoms with E-state index in [0.717, 1.165) is 16.1 Å². The van der Waals surface area contributed by atoms with E-state index in [2.05, 4.69) is 10.4 Å². The number of para-hydroxylation sites is 2. The molecule has 170 valence electrons. The summed E-state index contributed by atoms with van der Waals surface area (Å²) < 4.78 is 1.48. The molecule has 0 aliphatic rings. The van der Waals surface area contributed by atoms with Crippen molar-refractivity contribution in [1.29, 1.82) is 0 Å². The summed E-state index contributed by atoms with van der Waals surface area (Å²) in [6, 6.07) is 19.4. The van der Waals surface area contributed by atoms with Crippen LogP contribution in [0, 0.1) is 0 Å². The van der Waals surface area contributed by atoms with Crippen molar-refractivity contribution in [1.82, 2.24) is 20.0 Å². The van der Waals surface area contributed by atoms with Crippen molar-refractivity contribution in [2.24, 2.45) is 5.10 Å². The first-order valence-electron chi connectivity index (χ1n) is 10.7. The van der Waals surface area contributed by atoms with E-state index in [1.165, 1.54) is 4.68 Å². The lowest BCUT2D eigenvalue weighted by Gasteiger charge is -2.11. The summed E-state index contributed by atoms with van der Waals surface area (Å²) in [5.41, 5.74) is 10.9. The Kier molecular flexibility index (Phi) is 5.69. The SMILES string of the molecule is CN(C)c1ccc(/C=N/n2c(N)c(C(=O)NCc3cccs3)c3nc4ccccc4nc32)cc1. The van der Waals surface area contributed by atoms with E-state index < -0.39 is 0 Å². The number of carbonyl (C=O) groups is 1.